The molecule has 0 aliphatic rings. The SMILES string of the molecule is CNCc1sc(S(=O)(=O)Nc2ccccc2Cl)cc1C. The second-order valence-corrected chi connectivity index (χ2v) is 7.74. The van der Waals surface area contributed by atoms with Crippen molar-refractivity contribution < 1.29 is 8.42 Å². The lowest BCUT2D eigenvalue weighted by atomic mass is 10.3. The summed E-state index contributed by atoms with van der Waals surface area (Å²) in [7, 11) is -1.77. The maximum absolute atomic E-state index is 12.3. The zero-order valence-corrected chi connectivity index (χ0v) is 13.5. The molecule has 0 fully saturated rings. The van der Waals surface area contributed by atoms with Crippen LogP contribution in [0.1, 0.15) is 10.4 Å². The van der Waals surface area contributed by atoms with E-state index in [0.29, 0.717) is 21.5 Å². The van der Waals surface area contributed by atoms with E-state index in [4.69, 9.17) is 11.6 Å². The summed E-state index contributed by atoms with van der Waals surface area (Å²) < 4.78 is 27.5. The summed E-state index contributed by atoms with van der Waals surface area (Å²) in [5, 5.41) is 3.40. The lowest BCUT2D eigenvalue weighted by Gasteiger charge is -2.07. The molecule has 0 aliphatic heterocycles. The first-order chi connectivity index (χ1) is 9.44. The van der Waals surface area contributed by atoms with Gasteiger partial charge in [0.2, 0.25) is 0 Å². The third-order valence-electron chi connectivity index (χ3n) is 2.72. The minimum Gasteiger partial charge on any atom is -0.315 e. The van der Waals surface area contributed by atoms with E-state index in [1.54, 1.807) is 30.3 Å². The molecule has 108 valence electrons. The lowest BCUT2D eigenvalue weighted by molar-refractivity contribution is 0.603. The summed E-state index contributed by atoms with van der Waals surface area (Å²) in [5.74, 6) is 0. The summed E-state index contributed by atoms with van der Waals surface area (Å²) >= 11 is 7.23. The van der Waals surface area contributed by atoms with Gasteiger partial charge >= 0.3 is 0 Å². The molecule has 2 aromatic rings. The highest BCUT2D eigenvalue weighted by atomic mass is 35.5. The van der Waals surface area contributed by atoms with E-state index < -0.39 is 10.0 Å². The van der Waals surface area contributed by atoms with Crippen molar-refractivity contribution in [1.82, 2.24) is 5.32 Å². The van der Waals surface area contributed by atoms with Crippen LogP contribution in [0.5, 0.6) is 0 Å². The van der Waals surface area contributed by atoms with Crippen LogP contribution < -0.4 is 10.0 Å². The minimum atomic E-state index is -3.60. The lowest BCUT2D eigenvalue weighted by Crippen LogP contribution is -2.11. The predicted molar refractivity (Wildman–Crippen MR) is 84.1 cm³/mol. The van der Waals surface area contributed by atoms with Crippen molar-refractivity contribution in [2.45, 2.75) is 17.7 Å². The van der Waals surface area contributed by atoms with Crippen molar-refractivity contribution in [3.05, 3.63) is 45.8 Å². The highest BCUT2D eigenvalue weighted by molar-refractivity contribution is 7.94. The first-order valence-electron chi connectivity index (χ1n) is 5.95. The molecule has 0 bridgehead atoms. The first-order valence-corrected chi connectivity index (χ1v) is 8.63. The maximum Gasteiger partial charge on any atom is 0.271 e. The predicted octanol–water partition coefficient (Wildman–Crippen LogP) is 3.23. The van der Waals surface area contributed by atoms with Crippen molar-refractivity contribution in [2.75, 3.05) is 11.8 Å². The van der Waals surface area contributed by atoms with Gasteiger partial charge in [-0.05, 0) is 37.7 Å². The normalized spacial score (nSPS) is 11.6. The van der Waals surface area contributed by atoms with Crippen LogP contribution in [0.4, 0.5) is 5.69 Å². The number of rotatable bonds is 5. The van der Waals surface area contributed by atoms with Crippen molar-refractivity contribution in [1.29, 1.82) is 0 Å². The van der Waals surface area contributed by atoms with Crippen LogP contribution in [-0.4, -0.2) is 15.5 Å². The maximum atomic E-state index is 12.3. The number of sulfonamides is 1. The standard InChI is InChI=1S/C13H15ClN2O2S2/c1-9-7-13(19-12(9)8-15-2)20(17,18)16-11-6-4-3-5-10(11)14/h3-7,15-16H,8H2,1-2H3. The van der Waals surface area contributed by atoms with Gasteiger partial charge in [0, 0.05) is 11.4 Å². The van der Waals surface area contributed by atoms with E-state index in [1.165, 1.54) is 11.3 Å². The summed E-state index contributed by atoms with van der Waals surface area (Å²) in [6, 6.07) is 8.44. The average molecular weight is 331 g/mol. The Hall–Kier alpha value is -1.08. The summed E-state index contributed by atoms with van der Waals surface area (Å²) in [6.07, 6.45) is 0. The van der Waals surface area contributed by atoms with Gasteiger partial charge in [-0.25, -0.2) is 8.42 Å². The van der Waals surface area contributed by atoms with Crippen LogP contribution >= 0.6 is 22.9 Å². The molecule has 4 nitrogen and oxygen atoms in total. The van der Waals surface area contributed by atoms with Crippen LogP contribution in [-0.2, 0) is 16.6 Å². The molecule has 0 atom stereocenters. The zero-order chi connectivity index (χ0) is 14.8. The van der Waals surface area contributed by atoms with Crippen LogP contribution in [0.2, 0.25) is 5.02 Å². The number of halogens is 1. The number of para-hydroxylation sites is 1. The zero-order valence-electron chi connectivity index (χ0n) is 11.1. The van der Waals surface area contributed by atoms with Crippen LogP contribution in [0.15, 0.2) is 34.5 Å². The number of anilines is 1. The summed E-state index contributed by atoms with van der Waals surface area (Å²) in [5.41, 5.74) is 1.35. The van der Waals surface area contributed by atoms with Crippen molar-refractivity contribution in [3.63, 3.8) is 0 Å². The Morgan fingerprint density at radius 3 is 2.65 bits per heavy atom. The molecule has 0 radical (unpaired) electrons. The first kappa shape index (κ1) is 15.3. The fraction of sp³-hybridized carbons (Fsp3) is 0.231. The fourth-order valence-electron chi connectivity index (χ4n) is 1.70. The van der Waals surface area contributed by atoms with Crippen LogP contribution in [0.25, 0.3) is 0 Å². The Labute approximate surface area is 127 Å². The van der Waals surface area contributed by atoms with Gasteiger partial charge in [0.25, 0.3) is 10.0 Å². The highest BCUT2D eigenvalue weighted by Crippen LogP contribution is 2.29. The number of nitrogens with one attached hydrogen (secondary N) is 2. The van der Waals surface area contributed by atoms with Gasteiger partial charge in [-0.2, -0.15) is 0 Å². The molecule has 20 heavy (non-hydrogen) atoms. The molecule has 0 amide bonds. The third-order valence-corrected chi connectivity index (χ3v) is 6.12. The van der Waals surface area contributed by atoms with Gasteiger partial charge < -0.3 is 5.32 Å². The van der Waals surface area contributed by atoms with E-state index in [9.17, 15) is 8.42 Å². The second kappa shape index (κ2) is 6.13. The van der Waals surface area contributed by atoms with E-state index in [1.807, 2.05) is 14.0 Å². The van der Waals surface area contributed by atoms with Gasteiger partial charge in [-0.3, -0.25) is 4.72 Å². The van der Waals surface area contributed by atoms with Gasteiger partial charge in [0.1, 0.15) is 4.21 Å². The van der Waals surface area contributed by atoms with Crippen molar-refractivity contribution >= 4 is 38.6 Å². The van der Waals surface area contributed by atoms with Crippen molar-refractivity contribution in [3.8, 4) is 0 Å². The third kappa shape index (κ3) is 3.32. The van der Waals surface area contributed by atoms with Gasteiger partial charge in [-0.1, -0.05) is 23.7 Å². The number of hydrogen-bond acceptors (Lipinski definition) is 4. The molecule has 7 heteroatoms. The summed E-state index contributed by atoms with van der Waals surface area (Å²) in [6.45, 7) is 2.55. The van der Waals surface area contributed by atoms with Crippen molar-refractivity contribution in [2.24, 2.45) is 0 Å². The number of thiophene rings is 1. The summed E-state index contributed by atoms with van der Waals surface area (Å²) in [4.78, 5) is 1.01. The molecular weight excluding hydrogens is 316 g/mol. The molecule has 2 N–H and O–H groups in total. The molecular formula is C13H15ClN2O2S2. The van der Waals surface area contributed by atoms with Gasteiger partial charge in [0.15, 0.2) is 0 Å². The molecule has 1 heterocycles. The number of benzene rings is 1. The van der Waals surface area contributed by atoms with E-state index in [-0.39, 0.29) is 0 Å². The molecule has 0 unspecified atom stereocenters. The Morgan fingerprint density at radius 1 is 1.30 bits per heavy atom. The van der Waals surface area contributed by atoms with E-state index in [2.05, 4.69) is 10.0 Å². The van der Waals surface area contributed by atoms with Gasteiger partial charge in [-0.15, -0.1) is 11.3 Å². The minimum absolute atomic E-state index is 0.292. The number of hydrogen-bond donors (Lipinski definition) is 2. The quantitative estimate of drug-likeness (QED) is 0.885. The monoisotopic (exact) mass is 330 g/mol. The molecule has 0 spiro atoms. The second-order valence-electron chi connectivity index (χ2n) is 4.29. The van der Waals surface area contributed by atoms with E-state index in [0.717, 1.165) is 10.4 Å². The molecule has 0 saturated heterocycles. The Balaban J connectivity index is 2.31. The average Bonchev–Trinajstić information content (AvgIpc) is 2.75. The fourth-order valence-corrected chi connectivity index (χ4v) is 4.62. The Bertz CT molecular complexity index is 711. The Kier molecular flexibility index (Phi) is 4.70. The Morgan fingerprint density at radius 2 is 2.00 bits per heavy atom. The highest BCUT2D eigenvalue weighted by Gasteiger charge is 2.19. The molecule has 2 rings (SSSR count). The number of aryl methyl sites for hydroxylation is 1. The van der Waals surface area contributed by atoms with E-state index >= 15 is 0 Å². The van der Waals surface area contributed by atoms with Crippen LogP contribution in [0.3, 0.4) is 0 Å². The largest absolute Gasteiger partial charge is 0.315 e. The molecule has 0 saturated carbocycles. The molecule has 1 aromatic heterocycles. The van der Waals surface area contributed by atoms with Gasteiger partial charge in [0.05, 0.1) is 10.7 Å². The molecule has 1 aromatic carbocycles. The smallest absolute Gasteiger partial charge is 0.271 e. The topological polar surface area (TPSA) is 58.2 Å². The molecule has 0 aliphatic carbocycles. The van der Waals surface area contributed by atoms with Crippen LogP contribution in [0, 0.1) is 6.92 Å².